The molecule has 3 N–H and O–H groups in total. The highest BCUT2D eigenvalue weighted by Crippen LogP contribution is 2.03. The fourth-order valence-electron chi connectivity index (χ4n) is 1.90. The van der Waals surface area contributed by atoms with Gasteiger partial charge in [0.1, 0.15) is 5.82 Å². The zero-order valence-corrected chi connectivity index (χ0v) is 14.8. The molecule has 0 unspecified atom stereocenters. The third-order valence-corrected chi connectivity index (χ3v) is 2.91. The molecule has 2 aromatic rings. The lowest BCUT2D eigenvalue weighted by Crippen LogP contribution is -2.38. The summed E-state index contributed by atoms with van der Waals surface area (Å²) in [5, 5.41) is 13.2. The van der Waals surface area contributed by atoms with E-state index in [1.165, 1.54) is 6.07 Å². The molecule has 0 aliphatic rings. The Balaban J connectivity index is 0.00000242. The number of H-pyrrole nitrogens is 1. The summed E-state index contributed by atoms with van der Waals surface area (Å²) in [5.74, 6) is 0.538. The Bertz CT molecular complexity index is 571. The Morgan fingerprint density at radius 2 is 2.18 bits per heavy atom. The highest BCUT2D eigenvalue weighted by molar-refractivity contribution is 14.0. The minimum absolute atomic E-state index is 0. The average molecular weight is 417 g/mol. The van der Waals surface area contributed by atoms with Crippen molar-refractivity contribution in [3.63, 3.8) is 0 Å². The highest BCUT2D eigenvalue weighted by Gasteiger charge is 1.99. The molecule has 1 aromatic carbocycles. The first-order valence-corrected chi connectivity index (χ1v) is 7.03. The number of nitrogens with one attached hydrogen (secondary N) is 3. The summed E-state index contributed by atoms with van der Waals surface area (Å²) in [5.41, 5.74) is 1.92. The third-order valence-electron chi connectivity index (χ3n) is 2.91. The molecule has 1 heterocycles. The monoisotopic (exact) mass is 417 g/mol. The number of nitrogens with zero attached hydrogens (tertiary/aromatic N) is 2. The van der Waals surface area contributed by atoms with Crippen LogP contribution in [0.4, 0.5) is 4.39 Å². The first-order chi connectivity index (χ1) is 10.3. The number of benzene rings is 1. The predicted molar refractivity (Wildman–Crippen MR) is 96.9 cm³/mol. The van der Waals surface area contributed by atoms with Gasteiger partial charge in [-0.25, -0.2) is 9.38 Å². The average Bonchev–Trinajstić information content (AvgIpc) is 2.98. The van der Waals surface area contributed by atoms with Crippen molar-refractivity contribution in [1.82, 2.24) is 20.8 Å². The number of hydrogen-bond acceptors (Lipinski definition) is 2. The van der Waals surface area contributed by atoms with Gasteiger partial charge in [-0.1, -0.05) is 12.1 Å². The highest BCUT2D eigenvalue weighted by atomic mass is 127. The van der Waals surface area contributed by atoms with Gasteiger partial charge in [-0.3, -0.25) is 5.10 Å². The minimum atomic E-state index is -0.202. The smallest absolute Gasteiger partial charge is 0.191 e. The number of aliphatic imine (C=N–C) groups is 1. The second-order valence-electron chi connectivity index (χ2n) is 4.58. The van der Waals surface area contributed by atoms with Gasteiger partial charge in [-0.05, 0) is 37.1 Å². The van der Waals surface area contributed by atoms with E-state index in [0.717, 1.165) is 30.2 Å². The van der Waals surface area contributed by atoms with Gasteiger partial charge in [0.25, 0.3) is 0 Å². The Labute approximate surface area is 146 Å². The number of hydrogen-bond donors (Lipinski definition) is 3. The van der Waals surface area contributed by atoms with Crippen molar-refractivity contribution in [3.05, 3.63) is 53.6 Å². The maximum Gasteiger partial charge on any atom is 0.191 e. The van der Waals surface area contributed by atoms with Crippen molar-refractivity contribution in [3.8, 4) is 0 Å². The lowest BCUT2D eigenvalue weighted by atomic mass is 10.1. The molecule has 0 amide bonds. The van der Waals surface area contributed by atoms with Crippen LogP contribution in [0, 0.1) is 5.82 Å². The molecular formula is C15H21FIN5. The quantitative estimate of drug-likeness (QED) is 0.385. The zero-order valence-electron chi connectivity index (χ0n) is 12.5. The SMILES string of the molecule is CCNC(=NCc1ccn[nH]1)NCCc1cccc(F)c1.I. The van der Waals surface area contributed by atoms with Gasteiger partial charge in [0.15, 0.2) is 5.96 Å². The van der Waals surface area contributed by atoms with Crippen molar-refractivity contribution in [2.24, 2.45) is 4.99 Å². The molecule has 0 fully saturated rings. The van der Waals surface area contributed by atoms with E-state index in [9.17, 15) is 4.39 Å². The summed E-state index contributed by atoms with van der Waals surface area (Å²) >= 11 is 0. The molecule has 22 heavy (non-hydrogen) atoms. The van der Waals surface area contributed by atoms with Gasteiger partial charge in [-0.15, -0.1) is 24.0 Å². The normalized spacial score (nSPS) is 10.9. The van der Waals surface area contributed by atoms with Gasteiger partial charge in [0.2, 0.25) is 0 Å². The van der Waals surface area contributed by atoms with Crippen LogP contribution in [0.15, 0.2) is 41.5 Å². The molecule has 0 spiro atoms. The maximum absolute atomic E-state index is 13.1. The van der Waals surface area contributed by atoms with Crippen molar-refractivity contribution in [2.75, 3.05) is 13.1 Å². The van der Waals surface area contributed by atoms with Gasteiger partial charge in [0, 0.05) is 19.3 Å². The van der Waals surface area contributed by atoms with E-state index in [-0.39, 0.29) is 29.8 Å². The fourth-order valence-corrected chi connectivity index (χ4v) is 1.90. The van der Waals surface area contributed by atoms with E-state index in [1.807, 2.05) is 19.1 Å². The van der Waals surface area contributed by atoms with Gasteiger partial charge >= 0.3 is 0 Å². The summed E-state index contributed by atoms with van der Waals surface area (Å²) in [4.78, 5) is 4.45. The van der Waals surface area contributed by atoms with Crippen molar-refractivity contribution < 1.29 is 4.39 Å². The molecule has 7 heteroatoms. The van der Waals surface area contributed by atoms with Crippen LogP contribution in [-0.4, -0.2) is 29.2 Å². The van der Waals surface area contributed by atoms with E-state index in [0.29, 0.717) is 13.1 Å². The molecule has 0 aliphatic carbocycles. The summed E-state index contributed by atoms with van der Waals surface area (Å²) in [6, 6.07) is 8.53. The minimum Gasteiger partial charge on any atom is -0.357 e. The zero-order chi connectivity index (χ0) is 14.9. The summed E-state index contributed by atoms with van der Waals surface area (Å²) in [6.07, 6.45) is 2.45. The first-order valence-electron chi connectivity index (χ1n) is 7.03. The number of aromatic nitrogens is 2. The number of aromatic amines is 1. The molecule has 2 rings (SSSR count). The fraction of sp³-hybridized carbons (Fsp3) is 0.333. The Hall–Kier alpha value is -1.64. The first kappa shape index (κ1) is 18.4. The largest absolute Gasteiger partial charge is 0.357 e. The van der Waals surface area contributed by atoms with E-state index < -0.39 is 0 Å². The second kappa shape index (κ2) is 10.1. The van der Waals surface area contributed by atoms with Crippen LogP contribution in [0.25, 0.3) is 0 Å². The van der Waals surface area contributed by atoms with E-state index in [1.54, 1.807) is 18.3 Å². The Morgan fingerprint density at radius 3 is 2.86 bits per heavy atom. The van der Waals surface area contributed by atoms with Crippen molar-refractivity contribution in [1.29, 1.82) is 0 Å². The van der Waals surface area contributed by atoms with Crippen LogP contribution in [-0.2, 0) is 13.0 Å². The molecule has 0 saturated carbocycles. The van der Waals surface area contributed by atoms with Crippen LogP contribution in [0.1, 0.15) is 18.2 Å². The summed E-state index contributed by atoms with van der Waals surface area (Å²) < 4.78 is 13.1. The lowest BCUT2D eigenvalue weighted by molar-refractivity contribution is 0.625. The molecule has 0 radical (unpaired) electrons. The molecule has 1 aromatic heterocycles. The van der Waals surface area contributed by atoms with Crippen molar-refractivity contribution >= 4 is 29.9 Å². The Kier molecular flexibility index (Phi) is 8.49. The summed E-state index contributed by atoms with van der Waals surface area (Å²) in [6.45, 7) is 4.03. The van der Waals surface area contributed by atoms with E-state index in [4.69, 9.17) is 0 Å². The molecule has 0 aliphatic heterocycles. The molecular weight excluding hydrogens is 396 g/mol. The predicted octanol–water partition coefficient (Wildman–Crippen LogP) is 2.46. The van der Waals surface area contributed by atoms with Crippen LogP contribution >= 0.6 is 24.0 Å². The topological polar surface area (TPSA) is 65.1 Å². The van der Waals surface area contributed by atoms with Crippen LogP contribution < -0.4 is 10.6 Å². The summed E-state index contributed by atoms with van der Waals surface area (Å²) in [7, 11) is 0. The van der Waals surface area contributed by atoms with Gasteiger partial charge < -0.3 is 10.6 Å². The standard InChI is InChI=1S/C15H20FN5.HI/c1-2-17-15(19-11-14-7-9-20-21-14)18-8-6-12-4-3-5-13(16)10-12;/h3-5,7,9-10H,2,6,8,11H2,1H3,(H,20,21)(H2,17,18,19);1H. The number of rotatable bonds is 6. The van der Waals surface area contributed by atoms with Crippen LogP contribution in [0.3, 0.4) is 0 Å². The number of halogens is 2. The van der Waals surface area contributed by atoms with Gasteiger partial charge in [0.05, 0.1) is 12.2 Å². The molecule has 120 valence electrons. The van der Waals surface area contributed by atoms with Crippen LogP contribution in [0.5, 0.6) is 0 Å². The van der Waals surface area contributed by atoms with E-state index in [2.05, 4.69) is 25.8 Å². The molecule has 0 saturated heterocycles. The number of guanidine groups is 1. The second-order valence-corrected chi connectivity index (χ2v) is 4.58. The third kappa shape index (κ3) is 6.42. The molecule has 0 atom stereocenters. The van der Waals surface area contributed by atoms with Crippen LogP contribution in [0.2, 0.25) is 0 Å². The lowest BCUT2D eigenvalue weighted by Gasteiger charge is -2.11. The molecule has 0 bridgehead atoms. The molecule has 5 nitrogen and oxygen atoms in total. The Morgan fingerprint density at radius 1 is 1.32 bits per heavy atom. The maximum atomic E-state index is 13.1. The van der Waals surface area contributed by atoms with Gasteiger partial charge in [-0.2, -0.15) is 5.10 Å². The van der Waals surface area contributed by atoms with E-state index >= 15 is 0 Å². The van der Waals surface area contributed by atoms with Crippen molar-refractivity contribution in [2.45, 2.75) is 19.9 Å².